The molecule has 0 radical (unpaired) electrons. The molecule has 1 heterocycles. The van der Waals surface area contributed by atoms with Crippen LogP contribution in [-0.4, -0.2) is 16.1 Å². The third-order valence-electron chi connectivity index (χ3n) is 2.57. The summed E-state index contributed by atoms with van der Waals surface area (Å²) in [4.78, 5) is 3.96. The van der Waals surface area contributed by atoms with E-state index in [0.717, 1.165) is 25.2 Å². The number of nitrogens with zero attached hydrogens (tertiary/aromatic N) is 3. The third-order valence-corrected chi connectivity index (χ3v) is 2.57. The Bertz CT molecular complexity index is 543. The first kappa shape index (κ1) is 12.1. The number of hydrogen-bond donors (Lipinski definition) is 1. The fourth-order valence-corrected chi connectivity index (χ4v) is 1.63. The van der Waals surface area contributed by atoms with Gasteiger partial charge in [0.25, 0.3) is 0 Å². The summed E-state index contributed by atoms with van der Waals surface area (Å²) >= 11 is 0. The van der Waals surface area contributed by atoms with E-state index in [1.165, 1.54) is 12.1 Å². The van der Waals surface area contributed by atoms with E-state index in [-0.39, 0.29) is 5.56 Å². The van der Waals surface area contributed by atoms with Gasteiger partial charge < -0.3 is 9.88 Å². The van der Waals surface area contributed by atoms with Crippen LogP contribution < -0.4 is 5.32 Å². The van der Waals surface area contributed by atoms with Crippen molar-refractivity contribution in [2.24, 2.45) is 0 Å². The van der Waals surface area contributed by atoms with Crippen molar-refractivity contribution in [2.75, 3.05) is 11.9 Å². The second-order valence-corrected chi connectivity index (χ2v) is 3.89. The molecule has 0 saturated heterocycles. The fraction of sp³-hybridized carbons (Fsp3) is 0.231. The van der Waals surface area contributed by atoms with E-state index < -0.39 is 5.82 Å². The maximum atomic E-state index is 13.1. The first-order chi connectivity index (χ1) is 8.79. The maximum absolute atomic E-state index is 13.1. The van der Waals surface area contributed by atoms with Crippen molar-refractivity contribution in [1.29, 1.82) is 5.26 Å². The SMILES string of the molecule is N#Cc1cc(NCCCn2ccnc2)ccc1F. The summed E-state index contributed by atoms with van der Waals surface area (Å²) in [6.07, 6.45) is 6.35. The van der Waals surface area contributed by atoms with Crippen LogP contribution in [0.3, 0.4) is 0 Å². The Hall–Kier alpha value is -2.35. The molecule has 1 aromatic carbocycles. The Kier molecular flexibility index (Phi) is 3.92. The van der Waals surface area contributed by atoms with Crippen LogP contribution in [0.15, 0.2) is 36.9 Å². The van der Waals surface area contributed by atoms with Crippen molar-refractivity contribution in [3.05, 3.63) is 48.3 Å². The summed E-state index contributed by atoms with van der Waals surface area (Å²) in [5.41, 5.74) is 0.827. The van der Waals surface area contributed by atoms with Crippen molar-refractivity contribution in [3.8, 4) is 6.07 Å². The predicted octanol–water partition coefficient (Wildman–Crippen LogP) is 2.40. The zero-order valence-corrected chi connectivity index (χ0v) is 9.81. The number of rotatable bonds is 5. The number of nitrogens with one attached hydrogen (secondary N) is 1. The zero-order chi connectivity index (χ0) is 12.8. The number of imidazole rings is 1. The number of nitriles is 1. The van der Waals surface area contributed by atoms with Gasteiger partial charge in [0.05, 0.1) is 11.9 Å². The summed E-state index contributed by atoms with van der Waals surface area (Å²) in [5.74, 6) is -0.485. The quantitative estimate of drug-likeness (QED) is 0.822. The van der Waals surface area contributed by atoms with Crippen LogP contribution in [0, 0.1) is 17.1 Å². The second-order valence-electron chi connectivity index (χ2n) is 3.89. The molecule has 0 aliphatic rings. The van der Waals surface area contributed by atoms with E-state index in [9.17, 15) is 4.39 Å². The van der Waals surface area contributed by atoms with Crippen LogP contribution in [-0.2, 0) is 6.54 Å². The first-order valence-corrected chi connectivity index (χ1v) is 5.69. The molecule has 0 unspecified atom stereocenters. The average Bonchev–Trinajstić information content (AvgIpc) is 2.89. The summed E-state index contributed by atoms with van der Waals surface area (Å²) in [7, 11) is 0. The highest BCUT2D eigenvalue weighted by Crippen LogP contribution is 2.13. The number of benzene rings is 1. The lowest BCUT2D eigenvalue weighted by Crippen LogP contribution is -2.06. The van der Waals surface area contributed by atoms with Gasteiger partial charge in [0.15, 0.2) is 0 Å². The van der Waals surface area contributed by atoms with E-state index in [2.05, 4.69) is 10.3 Å². The molecule has 0 aliphatic heterocycles. The van der Waals surface area contributed by atoms with Crippen molar-refractivity contribution >= 4 is 5.69 Å². The lowest BCUT2D eigenvalue weighted by Gasteiger charge is -2.07. The molecule has 0 saturated carbocycles. The molecule has 18 heavy (non-hydrogen) atoms. The molecule has 0 atom stereocenters. The molecule has 0 amide bonds. The second kappa shape index (κ2) is 5.82. The standard InChI is InChI=1S/C13H13FN4/c14-13-3-2-12(8-11(13)9-15)17-4-1-6-18-7-5-16-10-18/h2-3,5,7-8,10,17H,1,4,6H2. The van der Waals surface area contributed by atoms with Crippen molar-refractivity contribution < 1.29 is 4.39 Å². The monoisotopic (exact) mass is 244 g/mol. The number of hydrogen-bond acceptors (Lipinski definition) is 3. The van der Waals surface area contributed by atoms with Crippen molar-refractivity contribution in [3.63, 3.8) is 0 Å². The van der Waals surface area contributed by atoms with Crippen LogP contribution in [0.4, 0.5) is 10.1 Å². The van der Waals surface area contributed by atoms with Crippen molar-refractivity contribution in [1.82, 2.24) is 9.55 Å². The van der Waals surface area contributed by atoms with E-state index >= 15 is 0 Å². The molecule has 1 aromatic heterocycles. The Morgan fingerprint density at radius 1 is 1.44 bits per heavy atom. The minimum atomic E-state index is -0.485. The van der Waals surface area contributed by atoms with E-state index in [4.69, 9.17) is 5.26 Å². The molecule has 0 fully saturated rings. The number of anilines is 1. The lowest BCUT2D eigenvalue weighted by molar-refractivity contribution is 0.624. The van der Waals surface area contributed by atoms with Gasteiger partial charge in [-0.05, 0) is 24.6 Å². The van der Waals surface area contributed by atoms with Gasteiger partial charge in [-0.1, -0.05) is 0 Å². The van der Waals surface area contributed by atoms with Gasteiger partial charge >= 0.3 is 0 Å². The lowest BCUT2D eigenvalue weighted by atomic mass is 10.2. The highest BCUT2D eigenvalue weighted by Gasteiger charge is 2.01. The van der Waals surface area contributed by atoms with Crippen LogP contribution >= 0.6 is 0 Å². The topological polar surface area (TPSA) is 53.6 Å². The van der Waals surface area contributed by atoms with E-state index in [0.29, 0.717) is 0 Å². The number of aryl methyl sites for hydroxylation is 1. The maximum Gasteiger partial charge on any atom is 0.141 e. The molecule has 0 spiro atoms. The fourth-order valence-electron chi connectivity index (χ4n) is 1.63. The molecule has 5 heteroatoms. The summed E-state index contributed by atoms with van der Waals surface area (Å²) in [6, 6.07) is 6.28. The van der Waals surface area contributed by atoms with Gasteiger partial charge in [-0.25, -0.2) is 9.37 Å². The molecular weight excluding hydrogens is 231 g/mol. The van der Waals surface area contributed by atoms with E-state index in [1.54, 1.807) is 18.6 Å². The van der Waals surface area contributed by atoms with Crippen LogP contribution in [0.2, 0.25) is 0 Å². The summed E-state index contributed by atoms with van der Waals surface area (Å²) in [6.45, 7) is 1.63. The van der Waals surface area contributed by atoms with Crippen LogP contribution in [0.1, 0.15) is 12.0 Å². The van der Waals surface area contributed by atoms with Gasteiger partial charge in [-0.3, -0.25) is 0 Å². The molecule has 2 rings (SSSR count). The smallest absolute Gasteiger partial charge is 0.141 e. The van der Waals surface area contributed by atoms with Crippen LogP contribution in [0.5, 0.6) is 0 Å². The minimum absolute atomic E-state index is 0.0645. The Labute approximate surface area is 105 Å². The van der Waals surface area contributed by atoms with Crippen molar-refractivity contribution in [2.45, 2.75) is 13.0 Å². The van der Waals surface area contributed by atoms with Gasteiger partial charge in [-0.15, -0.1) is 0 Å². The Morgan fingerprint density at radius 3 is 3.06 bits per heavy atom. The molecule has 2 aromatic rings. The third kappa shape index (κ3) is 3.08. The first-order valence-electron chi connectivity index (χ1n) is 5.69. The highest BCUT2D eigenvalue weighted by molar-refractivity contribution is 5.49. The molecule has 4 nitrogen and oxygen atoms in total. The largest absolute Gasteiger partial charge is 0.385 e. The molecule has 1 N–H and O–H groups in total. The van der Waals surface area contributed by atoms with Crippen LogP contribution in [0.25, 0.3) is 0 Å². The number of aromatic nitrogens is 2. The van der Waals surface area contributed by atoms with Gasteiger partial charge in [-0.2, -0.15) is 5.26 Å². The molecule has 0 bridgehead atoms. The number of halogens is 1. The van der Waals surface area contributed by atoms with Gasteiger partial charge in [0, 0.05) is 31.2 Å². The predicted molar refractivity (Wildman–Crippen MR) is 66.4 cm³/mol. The summed E-state index contributed by atoms with van der Waals surface area (Å²) < 4.78 is 15.1. The molecular formula is C13H13FN4. The zero-order valence-electron chi connectivity index (χ0n) is 9.81. The van der Waals surface area contributed by atoms with Gasteiger partial charge in [0.1, 0.15) is 11.9 Å². The Morgan fingerprint density at radius 2 is 2.33 bits per heavy atom. The molecule has 0 aliphatic carbocycles. The normalized spacial score (nSPS) is 10.0. The van der Waals surface area contributed by atoms with E-state index in [1.807, 2.05) is 16.8 Å². The molecule has 92 valence electrons. The highest BCUT2D eigenvalue weighted by atomic mass is 19.1. The Balaban J connectivity index is 1.82. The average molecular weight is 244 g/mol. The van der Waals surface area contributed by atoms with Gasteiger partial charge in [0.2, 0.25) is 0 Å². The minimum Gasteiger partial charge on any atom is -0.385 e. The summed E-state index contributed by atoms with van der Waals surface area (Å²) in [5, 5.41) is 11.9.